The minimum absolute atomic E-state index is 0.716. The van der Waals surface area contributed by atoms with E-state index in [1.807, 2.05) is 0 Å². The molecule has 0 radical (unpaired) electrons. The number of hydrogen-bond donors (Lipinski definition) is 0. The molecule has 6 heteroatoms. The van der Waals surface area contributed by atoms with Crippen LogP contribution in [0, 0.1) is 10.8 Å². The predicted octanol–water partition coefficient (Wildman–Crippen LogP) is 1.77. The van der Waals surface area contributed by atoms with E-state index in [0.717, 1.165) is 12.2 Å². The maximum absolute atomic E-state index is 11.4. The maximum atomic E-state index is 11.4. The summed E-state index contributed by atoms with van der Waals surface area (Å²) in [5.41, 5.74) is -1.65. The van der Waals surface area contributed by atoms with Gasteiger partial charge in [-0.2, -0.15) is 0 Å². The van der Waals surface area contributed by atoms with Crippen LogP contribution in [0.5, 0.6) is 0 Å². The summed E-state index contributed by atoms with van der Waals surface area (Å²) in [7, 11) is 0. The van der Waals surface area contributed by atoms with Crippen LogP contribution in [-0.4, -0.2) is 23.9 Å². The van der Waals surface area contributed by atoms with Crippen LogP contribution in [0.3, 0.4) is 0 Å². The smallest absolute Gasteiger partial charge is 0.338 e. The third-order valence-corrected chi connectivity index (χ3v) is 1.97. The third kappa shape index (κ3) is 6.82. The number of rotatable bonds is 2. The summed E-state index contributed by atoms with van der Waals surface area (Å²) in [5, 5.41) is 0. The number of carbonyl (C=O) groups excluding carboxylic acids is 4. The van der Waals surface area contributed by atoms with Crippen molar-refractivity contribution in [2.24, 2.45) is 10.8 Å². The summed E-state index contributed by atoms with van der Waals surface area (Å²) in [4.78, 5) is 45.3. The molecule has 0 saturated carbocycles. The van der Waals surface area contributed by atoms with Crippen molar-refractivity contribution in [1.82, 2.24) is 0 Å². The first-order chi connectivity index (χ1) is 8.84. The summed E-state index contributed by atoms with van der Waals surface area (Å²) in [5.74, 6) is -3.42. The number of ether oxygens (including phenoxy) is 2. The second-order valence-electron chi connectivity index (χ2n) is 6.25. The first kappa shape index (κ1) is 18.0. The van der Waals surface area contributed by atoms with E-state index in [-0.39, 0.29) is 0 Å². The van der Waals surface area contributed by atoms with Crippen LogP contribution in [0.4, 0.5) is 0 Å². The van der Waals surface area contributed by atoms with Crippen LogP contribution in [-0.2, 0) is 28.7 Å². The molecular formula is C14H20O6. The Labute approximate surface area is 118 Å². The highest BCUT2D eigenvalue weighted by atomic mass is 16.6. The Bertz CT molecular complexity index is 403. The number of carbonyl (C=O) groups is 4. The molecule has 0 fully saturated rings. The minimum Gasteiger partial charge on any atom is -0.389 e. The summed E-state index contributed by atoms with van der Waals surface area (Å²) in [6.07, 6.45) is 1.48. The molecule has 0 unspecified atom stereocenters. The number of esters is 4. The molecule has 0 aliphatic carbocycles. The second kappa shape index (κ2) is 6.45. The fourth-order valence-electron chi connectivity index (χ4n) is 0.693. The van der Waals surface area contributed by atoms with Crippen molar-refractivity contribution in [3.05, 3.63) is 12.2 Å². The quantitative estimate of drug-likeness (QED) is 0.436. The largest absolute Gasteiger partial charge is 0.389 e. The van der Waals surface area contributed by atoms with Crippen LogP contribution in [0.1, 0.15) is 41.5 Å². The molecule has 0 spiro atoms. The van der Waals surface area contributed by atoms with E-state index in [0.29, 0.717) is 0 Å². The van der Waals surface area contributed by atoms with Gasteiger partial charge in [0.05, 0.1) is 10.8 Å². The lowest BCUT2D eigenvalue weighted by Crippen LogP contribution is -2.26. The lowest BCUT2D eigenvalue weighted by Gasteiger charge is -2.14. The molecule has 20 heavy (non-hydrogen) atoms. The maximum Gasteiger partial charge on any atom is 0.338 e. The van der Waals surface area contributed by atoms with E-state index in [4.69, 9.17) is 0 Å². The van der Waals surface area contributed by atoms with Crippen molar-refractivity contribution >= 4 is 23.9 Å². The third-order valence-electron chi connectivity index (χ3n) is 1.97. The normalized spacial score (nSPS) is 12.1. The van der Waals surface area contributed by atoms with Crippen LogP contribution in [0.15, 0.2) is 12.2 Å². The van der Waals surface area contributed by atoms with Crippen LogP contribution < -0.4 is 0 Å². The zero-order chi connectivity index (χ0) is 16.1. The van der Waals surface area contributed by atoms with Gasteiger partial charge in [-0.05, 0) is 41.5 Å². The predicted molar refractivity (Wildman–Crippen MR) is 70.2 cm³/mol. The van der Waals surface area contributed by atoms with Gasteiger partial charge in [0.2, 0.25) is 0 Å². The Morgan fingerprint density at radius 2 is 0.900 bits per heavy atom. The molecule has 0 aromatic carbocycles. The minimum atomic E-state index is -0.995. The van der Waals surface area contributed by atoms with Crippen molar-refractivity contribution in [3.8, 4) is 0 Å². The Kier molecular flexibility index (Phi) is 5.81. The van der Waals surface area contributed by atoms with Crippen molar-refractivity contribution in [2.45, 2.75) is 41.5 Å². The first-order valence-corrected chi connectivity index (χ1v) is 6.04. The van der Waals surface area contributed by atoms with Gasteiger partial charge in [0.15, 0.2) is 0 Å². The molecule has 6 nitrogen and oxygen atoms in total. The Morgan fingerprint density at radius 3 is 1.10 bits per heavy atom. The van der Waals surface area contributed by atoms with Crippen LogP contribution >= 0.6 is 0 Å². The van der Waals surface area contributed by atoms with E-state index >= 15 is 0 Å². The van der Waals surface area contributed by atoms with Gasteiger partial charge in [-0.3, -0.25) is 9.59 Å². The Balaban J connectivity index is 4.44. The van der Waals surface area contributed by atoms with Crippen molar-refractivity contribution in [1.29, 1.82) is 0 Å². The van der Waals surface area contributed by atoms with E-state index in [2.05, 4.69) is 9.47 Å². The van der Waals surface area contributed by atoms with E-state index < -0.39 is 34.7 Å². The molecule has 0 amide bonds. The highest BCUT2D eigenvalue weighted by molar-refractivity contribution is 6.00. The van der Waals surface area contributed by atoms with Crippen LogP contribution in [0.25, 0.3) is 0 Å². The standard InChI is InChI=1S/C14H20O6/c1-13(2,3)11(17)19-9(15)7-8-10(16)20-12(18)14(4,5)6/h7-8H,1-6H3. The average Bonchev–Trinajstić information content (AvgIpc) is 2.23. The molecule has 0 rings (SSSR count). The zero-order valence-corrected chi connectivity index (χ0v) is 12.6. The summed E-state index contributed by atoms with van der Waals surface area (Å²) in [6, 6.07) is 0. The molecule has 0 aliphatic rings. The molecule has 0 heterocycles. The lowest BCUT2D eigenvalue weighted by atomic mass is 9.97. The summed E-state index contributed by atoms with van der Waals surface area (Å²) >= 11 is 0. The Morgan fingerprint density at radius 1 is 0.650 bits per heavy atom. The van der Waals surface area contributed by atoms with Gasteiger partial charge in [0.25, 0.3) is 0 Å². The molecule has 0 aromatic rings. The number of hydrogen-bond acceptors (Lipinski definition) is 6. The van der Waals surface area contributed by atoms with E-state index in [1.54, 1.807) is 41.5 Å². The van der Waals surface area contributed by atoms with Gasteiger partial charge in [-0.25, -0.2) is 9.59 Å². The molecule has 0 atom stereocenters. The molecule has 0 bridgehead atoms. The fraction of sp³-hybridized carbons (Fsp3) is 0.571. The fourth-order valence-corrected chi connectivity index (χ4v) is 0.693. The van der Waals surface area contributed by atoms with Crippen molar-refractivity contribution in [3.63, 3.8) is 0 Å². The SMILES string of the molecule is CC(C)(C)C(=O)OC(=O)C=CC(=O)OC(=O)C(C)(C)C. The van der Waals surface area contributed by atoms with Crippen molar-refractivity contribution in [2.75, 3.05) is 0 Å². The van der Waals surface area contributed by atoms with E-state index in [1.165, 1.54) is 0 Å². The molecule has 0 aliphatic heterocycles. The summed E-state index contributed by atoms with van der Waals surface area (Å²) in [6.45, 7) is 9.52. The second-order valence-corrected chi connectivity index (χ2v) is 6.25. The van der Waals surface area contributed by atoms with Crippen LogP contribution in [0.2, 0.25) is 0 Å². The van der Waals surface area contributed by atoms with Gasteiger partial charge < -0.3 is 9.47 Å². The highest BCUT2D eigenvalue weighted by Gasteiger charge is 2.26. The molecule has 0 N–H and O–H groups in total. The Hall–Kier alpha value is -1.98. The first-order valence-electron chi connectivity index (χ1n) is 6.04. The topological polar surface area (TPSA) is 86.7 Å². The average molecular weight is 284 g/mol. The summed E-state index contributed by atoms with van der Waals surface area (Å²) < 4.78 is 8.96. The van der Waals surface area contributed by atoms with Gasteiger partial charge in [-0.15, -0.1) is 0 Å². The monoisotopic (exact) mass is 284 g/mol. The molecular weight excluding hydrogens is 264 g/mol. The van der Waals surface area contributed by atoms with Crippen molar-refractivity contribution < 1.29 is 28.7 Å². The zero-order valence-electron chi connectivity index (χ0n) is 12.6. The van der Waals surface area contributed by atoms with Gasteiger partial charge in [0.1, 0.15) is 0 Å². The molecule has 112 valence electrons. The molecule has 0 aromatic heterocycles. The van der Waals surface area contributed by atoms with Gasteiger partial charge >= 0.3 is 23.9 Å². The van der Waals surface area contributed by atoms with Gasteiger partial charge in [0, 0.05) is 12.2 Å². The lowest BCUT2D eigenvalue weighted by molar-refractivity contribution is -0.165. The molecule has 0 saturated heterocycles. The van der Waals surface area contributed by atoms with E-state index in [9.17, 15) is 19.2 Å². The van der Waals surface area contributed by atoms with Gasteiger partial charge in [-0.1, -0.05) is 0 Å². The highest BCUT2D eigenvalue weighted by Crippen LogP contribution is 2.16.